The van der Waals surface area contributed by atoms with E-state index in [1.807, 2.05) is 0 Å². The van der Waals surface area contributed by atoms with Crippen LogP contribution in [0.2, 0.25) is 0 Å². The van der Waals surface area contributed by atoms with Crippen LogP contribution in [0, 0.1) is 10.1 Å². The first-order chi connectivity index (χ1) is 9.54. The van der Waals surface area contributed by atoms with E-state index in [2.05, 4.69) is 15.1 Å². The summed E-state index contributed by atoms with van der Waals surface area (Å²) < 4.78 is 1.38. The minimum absolute atomic E-state index is 0.137. The number of nitro groups is 1. The third-order valence-corrected chi connectivity index (χ3v) is 3.32. The monoisotopic (exact) mass is 281 g/mol. The summed E-state index contributed by atoms with van der Waals surface area (Å²) in [6, 6.07) is 0. The lowest BCUT2D eigenvalue weighted by Gasteiger charge is -2.27. The van der Waals surface area contributed by atoms with Gasteiger partial charge in [-0.05, 0) is 24.8 Å². The maximum Gasteiger partial charge on any atom is 0.331 e. The van der Waals surface area contributed by atoms with Gasteiger partial charge in [0.05, 0.1) is 11.0 Å². The third-order valence-electron chi connectivity index (χ3n) is 3.32. The number of nitrogens with zero attached hydrogens (tertiary/aromatic N) is 7. The lowest BCUT2D eigenvalue weighted by Crippen LogP contribution is -2.36. The zero-order valence-electron chi connectivity index (χ0n) is 11.0. The Bertz CT molecular complexity index is 551. The summed E-state index contributed by atoms with van der Waals surface area (Å²) in [6.07, 6.45) is 1.39. The summed E-state index contributed by atoms with van der Waals surface area (Å²) >= 11 is 0. The second kappa shape index (κ2) is 5.76. The van der Waals surface area contributed by atoms with Gasteiger partial charge in [-0.15, -0.1) is 0 Å². The van der Waals surface area contributed by atoms with Crippen LogP contribution in [-0.2, 0) is 7.05 Å². The molecule has 20 heavy (non-hydrogen) atoms. The zero-order chi connectivity index (χ0) is 14.7. The molecule has 1 aromatic heterocycles. The van der Waals surface area contributed by atoms with Crippen molar-refractivity contribution >= 4 is 11.5 Å². The summed E-state index contributed by atoms with van der Waals surface area (Å²) in [7, 11) is 1.59. The minimum Gasteiger partial charge on any atom is -0.393 e. The lowest BCUT2D eigenvalue weighted by atomic mass is 10.1. The molecule has 10 nitrogen and oxygen atoms in total. The quantitative estimate of drug-likeness (QED) is 0.293. The summed E-state index contributed by atoms with van der Waals surface area (Å²) in [4.78, 5) is 15.0. The van der Waals surface area contributed by atoms with Crippen LogP contribution >= 0.6 is 0 Å². The van der Waals surface area contributed by atoms with E-state index in [0.29, 0.717) is 25.2 Å². The molecule has 1 aromatic rings. The van der Waals surface area contributed by atoms with Gasteiger partial charge in [-0.25, -0.2) is 4.68 Å². The number of hydrogen-bond donors (Lipinski definition) is 1. The van der Waals surface area contributed by atoms with Gasteiger partial charge < -0.3 is 10.0 Å². The van der Waals surface area contributed by atoms with Crippen molar-refractivity contribution in [1.82, 2.24) is 9.78 Å². The highest BCUT2D eigenvalue weighted by Gasteiger charge is 2.32. The van der Waals surface area contributed by atoms with Gasteiger partial charge in [-0.3, -0.25) is 10.1 Å². The van der Waals surface area contributed by atoms with Gasteiger partial charge in [0, 0.05) is 18.5 Å². The Morgan fingerprint density at radius 3 is 3.10 bits per heavy atom. The van der Waals surface area contributed by atoms with Crippen molar-refractivity contribution < 1.29 is 10.0 Å². The molecule has 2 rings (SSSR count). The van der Waals surface area contributed by atoms with E-state index in [0.717, 1.165) is 0 Å². The summed E-state index contributed by atoms with van der Waals surface area (Å²) in [5.74, 6) is 0.293. The highest BCUT2D eigenvalue weighted by molar-refractivity contribution is 5.58. The van der Waals surface area contributed by atoms with Crippen molar-refractivity contribution in [3.63, 3.8) is 0 Å². The fraction of sp³-hybridized carbons (Fsp3) is 0.700. The molecule has 0 aromatic carbocycles. The molecule has 1 aliphatic rings. The maximum atomic E-state index is 11.1. The first-order valence-corrected chi connectivity index (χ1v) is 6.20. The molecule has 1 fully saturated rings. The molecule has 1 aliphatic heterocycles. The third kappa shape index (κ3) is 2.65. The van der Waals surface area contributed by atoms with Crippen molar-refractivity contribution in [2.45, 2.75) is 31.5 Å². The molecule has 0 radical (unpaired) electrons. The Labute approximate surface area is 114 Å². The summed E-state index contributed by atoms with van der Waals surface area (Å²) in [6.45, 7) is 0.459. The van der Waals surface area contributed by atoms with Crippen LogP contribution in [0.1, 0.15) is 19.3 Å². The maximum absolute atomic E-state index is 11.1. The van der Waals surface area contributed by atoms with Crippen LogP contribution in [0.25, 0.3) is 10.4 Å². The normalized spacial score (nSPS) is 23.0. The highest BCUT2D eigenvalue weighted by atomic mass is 16.6. The topological polar surface area (TPSA) is 133 Å². The van der Waals surface area contributed by atoms with E-state index < -0.39 is 17.2 Å². The smallest absolute Gasteiger partial charge is 0.331 e. The van der Waals surface area contributed by atoms with Crippen LogP contribution in [0.5, 0.6) is 0 Å². The van der Waals surface area contributed by atoms with Gasteiger partial charge in [0.25, 0.3) is 0 Å². The van der Waals surface area contributed by atoms with E-state index in [-0.39, 0.29) is 12.1 Å². The second-order valence-corrected chi connectivity index (χ2v) is 4.64. The molecule has 0 saturated carbocycles. The second-order valence-electron chi connectivity index (χ2n) is 4.64. The van der Waals surface area contributed by atoms with Crippen molar-refractivity contribution in [2.24, 2.45) is 12.2 Å². The van der Waals surface area contributed by atoms with Crippen LogP contribution in [0.4, 0.5) is 11.5 Å². The van der Waals surface area contributed by atoms with Crippen LogP contribution in [-0.4, -0.2) is 38.6 Å². The van der Waals surface area contributed by atoms with E-state index in [9.17, 15) is 15.2 Å². The van der Waals surface area contributed by atoms with Gasteiger partial charge >= 0.3 is 5.69 Å². The molecule has 2 unspecified atom stereocenters. The Morgan fingerprint density at radius 2 is 2.45 bits per heavy atom. The lowest BCUT2D eigenvalue weighted by molar-refractivity contribution is -0.384. The summed E-state index contributed by atoms with van der Waals surface area (Å²) in [5.41, 5.74) is 8.52. The molecule has 0 amide bonds. The highest BCUT2D eigenvalue weighted by Crippen LogP contribution is 2.32. The number of rotatable bonds is 3. The number of azide groups is 1. The van der Waals surface area contributed by atoms with Crippen molar-refractivity contribution in [3.05, 3.63) is 26.8 Å². The fourth-order valence-corrected chi connectivity index (χ4v) is 2.43. The molecule has 10 heteroatoms. The van der Waals surface area contributed by atoms with Crippen LogP contribution in [0.15, 0.2) is 11.3 Å². The number of aliphatic hydroxyl groups excluding tert-OH is 1. The molecular formula is C10H15N7O3. The Balaban J connectivity index is 2.44. The van der Waals surface area contributed by atoms with Crippen LogP contribution in [0.3, 0.4) is 0 Å². The molecule has 108 valence electrons. The molecule has 2 atom stereocenters. The average molecular weight is 281 g/mol. The van der Waals surface area contributed by atoms with Gasteiger partial charge in [0.1, 0.15) is 12.4 Å². The summed E-state index contributed by atoms with van der Waals surface area (Å²) in [5, 5.41) is 28.4. The minimum atomic E-state index is -0.661. The fourth-order valence-electron chi connectivity index (χ4n) is 2.43. The first-order valence-electron chi connectivity index (χ1n) is 6.20. The molecule has 2 heterocycles. The average Bonchev–Trinajstić information content (AvgIpc) is 2.67. The number of anilines is 1. The van der Waals surface area contributed by atoms with E-state index in [1.54, 1.807) is 11.9 Å². The number of aromatic nitrogens is 2. The van der Waals surface area contributed by atoms with E-state index in [4.69, 9.17) is 5.53 Å². The predicted octanol–water partition coefficient (Wildman–Crippen LogP) is 1.32. The van der Waals surface area contributed by atoms with Crippen molar-refractivity contribution in [2.75, 3.05) is 11.4 Å². The zero-order valence-corrected chi connectivity index (χ0v) is 11.0. The number of aliphatic hydroxyl groups is 1. The Kier molecular flexibility index (Phi) is 4.06. The SMILES string of the molecule is Cn1ncc([N+](=O)[O-])c1N1CCCC(O)CC1N=[N+]=[N-]. The van der Waals surface area contributed by atoms with Gasteiger partial charge in [-0.2, -0.15) is 5.10 Å². The van der Waals surface area contributed by atoms with Gasteiger partial charge in [-0.1, -0.05) is 5.11 Å². The van der Waals surface area contributed by atoms with E-state index in [1.165, 1.54) is 10.9 Å². The standard InChI is InChI=1S/C10H15N7O3/c1-15-10(8(6-12-15)17(19)20)16-4-2-3-7(18)5-9(16)13-14-11/h6-7,9,18H,2-5H2,1H3. The molecule has 0 aliphatic carbocycles. The van der Waals surface area contributed by atoms with Crippen molar-refractivity contribution in [1.29, 1.82) is 0 Å². The number of aryl methyl sites for hydroxylation is 1. The number of hydrogen-bond acceptors (Lipinski definition) is 6. The van der Waals surface area contributed by atoms with Crippen LogP contribution < -0.4 is 4.90 Å². The largest absolute Gasteiger partial charge is 0.393 e. The molecule has 1 saturated heterocycles. The first kappa shape index (κ1) is 14.1. The molecular weight excluding hydrogens is 266 g/mol. The molecule has 0 spiro atoms. The Hall–Kier alpha value is -2.32. The van der Waals surface area contributed by atoms with Gasteiger partial charge in [0.2, 0.25) is 5.82 Å². The van der Waals surface area contributed by atoms with E-state index >= 15 is 0 Å². The molecule has 1 N–H and O–H groups in total. The molecule has 0 bridgehead atoms. The predicted molar refractivity (Wildman–Crippen MR) is 70.0 cm³/mol. The van der Waals surface area contributed by atoms with Gasteiger partial charge in [0.15, 0.2) is 0 Å². The van der Waals surface area contributed by atoms with Crippen molar-refractivity contribution in [3.8, 4) is 0 Å². The Morgan fingerprint density at radius 1 is 1.70 bits per heavy atom.